The molecule has 0 aliphatic heterocycles. The molecule has 0 amide bonds. The molecule has 0 saturated heterocycles. The summed E-state index contributed by atoms with van der Waals surface area (Å²) in [5.74, 6) is 4.00. The van der Waals surface area contributed by atoms with Crippen LogP contribution in [0.15, 0.2) is 12.7 Å². The van der Waals surface area contributed by atoms with Crippen LogP contribution in [0.5, 0.6) is 0 Å². The van der Waals surface area contributed by atoms with Gasteiger partial charge in [0.25, 0.3) is 0 Å². The Hall–Kier alpha value is -0.260. The summed E-state index contributed by atoms with van der Waals surface area (Å²) < 4.78 is 0. The molecule has 0 aromatic heterocycles. The molecular weight excluding hydrogens is 204 g/mol. The number of hydrogen-bond acceptors (Lipinski definition) is 0. The highest BCUT2D eigenvalue weighted by Crippen LogP contribution is 2.42. The third-order valence-electron chi connectivity index (χ3n) is 4.94. The maximum atomic E-state index is 3.81. The highest BCUT2D eigenvalue weighted by atomic mass is 14.3. The molecule has 0 spiro atoms. The summed E-state index contributed by atoms with van der Waals surface area (Å²) in [5, 5.41) is 0. The van der Waals surface area contributed by atoms with Crippen molar-refractivity contribution in [3.63, 3.8) is 0 Å². The molecule has 0 heterocycles. The molecule has 2 saturated carbocycles. The second-order valence-corrected chi connectivity index (χ2v) is 6.16. The van der Waals surface area contributed by atoms with E-state index in [4.69, 9.17) is 0 Å². The molecule has 0 nitrogen and oxygen atoms in total. The van der Waals surface area contributed by atoms with E-state index >= 15 is 0 Å². The van der Waals surface area contributed by atoms with Crippen molar-refractivity contribution in [3.8, 4) is 0 Å². The normalized spacial score (nSPS) is 31.3. The number of hydrogen-bond donors (Lipinski definition) is 0. The van der Waals surface area contributed by atoms with Gasteiger partial charge in [0.1, 0.15) is 0 Å². The Morgan fingerprint density at radius 1 is 1.00 bits per heavy atom. The van der Waals surface area contributed by atoms with Crippen LogP contribution in [-0.2, 0) is 0 Å². The van der Waals surface area contributed by atoms with Gasteiger partial charge in [0, 0.05) is 0 Å². The lowest BCUT2D eigenvalue weighted by Gasteiger charge is -2.35. The maximum Gasteiger partial charge on any atom is -0.0210 e. The minimum Gasteiger partial charge on any atom is -0.103 e. The highest BCUT2D eigenvalue weighted by Gasteiger charge is 2.28. The topological polar surface area (TPSA) is 0 Å². The van der Waals surface area contributed by atoms with Crippen LogP contribution in [0.3, 0.4) is 0 Å². The molecule has 0 bridgehead atoms. The van der Waals surface area contributed by atoms with Crippen LogP contribution >= 0.6 is 0 Å². The van der Waals surface area contributed by atoms with Gasteiger partial charge < -0.3 is 0 Å². The Kier molecular flexibility index (Phi) is 5.61. The first kappa shape index (κ1) is 13.2. The Bertz CT molecular complexity index is 204. The molecule has 2 aliphatic carbocycles. The van der Waals surface area contributed by atoms with Gasteiger partial charge in [0.15, 0.2) is 0 Å². The van der Waals surface area contributed by atoms with Crippen LogP contribution in [-0.4, -0.2) is 0 Å². The molecule has 2 rings (SSSR count). The van der Waals surface area contributed by atoms with Crippen molar-refractivity contribution in [1.29, 1.82) is 0 Å². The largest absolute Gasteiger partial charge is 0.103 e. The van der Waals surface area contributed by atoms with Gasteiger partial charge >= 0.3 is 0 Å². The Labute approximate surface area is 108 Å². The van der Waals surface area contributed by atoms with Crippen molar-refractivity contribution < 1.29 is 0 Å². The predicted molar refractivity (Wildman–Crippen MR) is 75.8 cm³/mol. The number of unbranched alkanes of at least 4 members (excludes halogenated alkanes) is 1. The van der Waals surface area contributed by atoms with Gasteiger partial charge in [-0.2, -0.15) is 0 Å². The monoisotopic (exact) mass is 233 g/mol. The van der Waals surface area contributed by atoms with E-state index in [0.717, 1.165) is 11.8 Å². The zero-order valence-corrected chi connectivity index (χ0v) is 11.4. The molecular formula is C17H29. The first-order chi connectivity index (χ1) is 8.40. The fourth-order valence-corrected chi connectivity index (χ4v) is 3.82. The van der Waals surface area contributed by atoms with Gasteiger partial charge in [-0.15, -0.1) is 6.58 Å². The van der Waals surface area contributed by atoms with E-state index < -0.39 is 0 Å². The summed E-state index contributed by atoms with van der Waals surface area (Å²) in [7, 11) is 0. The first-order valence-electron chi connectivity index (χ1n) is 7.85. The lowest BCUT2D eigenvalue weighted by atomic mass is 9.70. The Morgan fingerprint density at radius 3 is 2.35 bits per heavy atom. The van der Waals surface area contributed by atoms with Crippen LogP contribution in [0.2, 0.25) is 0 Å². The quantitative estimate of drug-likeness (QED) is 0.423. The molecule has 0 atom stereocenters. The van der Waals surface area contributed by atoms with E-state index in [2.05, 4.69) is 12.7 Å². The van der Waals surface area contributed by atoms with E-state index in [1.165, 1.54) is 77.0 Å². The lowest BCUT2D eigenvalue weighted by molar-refractivity contribution is 0.248. The van der Waals surface area contributed by atoms with Crippen LogP contribution in [0.1, 0.15) is 77.0 Å². The standard InChI is InChI=1S/C17H29/c1-2-3-5-8-15-11-13-17(14-12-15)16-9-6-4-7-10-16/h2,15,17H,1,3-14H2/t15-,17-. The van der Waals surface area contributed by atoms with Crippen molar-refractivity contribution in [3.05, 3.63) is 18.6 Å². The van der Waals surface area contributed by atoms with Crippen LogP contribution < -0.4 is 0 Å². The summed E-state index contributed by atoms with van der Waals surface area (Å²) >= 11 is 0. The highest BCUT2D eigenvalue weighted by molar-refractivity contribution is 5.00. The summed E-state index contributed by atoms with van der Waals surface area (Å²) in [4.78, 5) is 0. The van der Waals surface area contributed by atoms with Gasteiger partial charge in [-0.25, -0.2) is 0 Å². The van der Waals surface area contributed by atoms with Crippen LogP contribution in [0.4, 0.5) is 0 Å². The van der Waals surface area contributed by atoms with Gasteiger partial charge in [-0.1, -0.05) is 44.6 Å². The minimum atomic E-state index is 1.02. The van der Waals surface area contributed by atoms with Crippen molar-refractivity contribution in [2.75, 3.05) is 0 Å². The molecule has 0 unspecified atom stereocenters. The fraction of sp³-hybridized carbons (Fsp3) is 0.824. The van der Waals surface area contributed by atoms with Gasteiger partial charge in [-0.3, -0.25) is 0 Å². The van der Waals surface area contributed by atoms with Gasteiger partial charge in [0.2, 0.25) is 0 Å². The Balaban J connectivity index is 1.64. The van der Waals surface area contributed by atoms with Crippen molar-refractivity contribution in [1.82, 2.24) is 0 Å². The van der Waals surface area contributed by atoms with Gasteiger partial charge in [-0.05, 0) is 56.3 Å². The SMILES string of the molecule is C=CCCC[C@H]1CC[C@H]([C]2CCCCC2)CC1. The third kappa shape index (κ3) is 4.16. The van der Waals surface area contributed by atoms with Crippen LogP contribution in [0, 0.1) is 17.8 Å². The van der Waals surface area contributed by atoms with E-state index in [9.17, 15) is 0 Å². The van der Waals surface area contributed by atoms with Crippen molar-refractivity contribution in [2.24, 2.45) is 11.8 Å². The molecule has 0 aromatic rings. The summed E-state index contributed by atoms with van der Waals surface area (Å²) in [5.41, 5.74) is 0. The third-order valence-corrected chi connectivity index (χ3v) is 4.94. The van der Waals surface area contributed by atoms with Gasteiger partial charge in [0.05, 0.1) is 0 Å². The molecule has 17 heavy (non-hydrogen) atoms. The van der Waals surface area contributed by atoms with E-state index in [1.807, 2.05) is 5.92 Å². The summed E-state index contributed by atoms with van der Waals surface area (Å²) in [6.07, 6.45) is 19.5. The molecule has 0 heteroatoms. The number of rotatable bonds is 5. The average Bonchev–Trinajstić information content (AvgIpc) is 2.41. The summed E-state index contributed by atoms with van der Waals surface area (Å²) in [6.45, 7) is 3.81. The van der Waals surface area contributed by atoms with E-state index in [0.29, 0.717) is 0 Å². The zero-order valence-electron chi connectivity index (χ0n) is 11.4. The van der Waals surface area contributed by atoms with Crippen LogP contribution in [0.25, 0.3) is 0 Å². The number of allylic oxidation sites excluding steroid dienone is 1. The maximum absolute atomic E-state index is 3.81. The fourth-order valence-electron chi connectivity index (χ4n) is 3.82. The van der Waals surface area contributed by atoms with E-state index in [-0.39, 0.29) is 0 Å². The zero-order chi connectivity index (χ0) is 11.9. The second kappa shape index (κ2) is 7.24. The summed E-state index contributed by atoms with van der Waals surface area (Å²) in [6, 6.07) is 0. The second-order valence-electron chi connectivity index (χ2n) is 6.16. The molecule has 1 radical (unpaired) electrons. The smallest absolute Gasteiger partial charge is 0.0210 e. The van der Waals surface area contributed by atoms with Crippen molar-refractivity contribution in [2.45, 2.75) is 77.0 Å². The molecule has 0 N–H and O–H groups in total. The molecule has 2 aliphatic rings. The van der Waals surface area contributed by atoms with E-state index in [1.54, 1.807) is 0 Å². The molecule has 2 fully saturated rings. The Morgan fingerprint density at radius 2 is 1.71 bits per heavy atom. The van der Waals surface area contributed by atoms with Crippen molar-refractivity contribution >= 4 is 0 Å². The lowest BCUT2D eigenvalue weighted by Crippen LogP contribution is -2.22. The predicted octanol–water partition coefficient (Wildman–Crippen LogP) is 5.69. The minimum absolute atomic E-state index is 1.02. The molecule has 97 valence electrons. The first-order valence-corrected chi connectivity index (χ1v) is 7.85. The average molecular weight is 233 g/mol. The molecule has 0 aromatic carbocycles.